The molecule has 0 aliphatic rings. The third-order valence-electron chi connectivity index (χ3n) is 2.33. The van der Waals surface area contributed by atoms with Gasteiger partial charge in [0.05, 0.1) is 6.54 Å². The van der Waals surface area contributed by atoms with Crippen molar-refractivity contribution in [2.45, 2.75) is 13.5 Å². The Kier molecular flexibility index (Phi) is 3.67. The van der Waals surface area contributed by atoms with E-state index in [1.165, 1.54) is 5.56 Å². The number of aryl methyl sites for hydroxylation is 1. The van der Waals surface area contributed by atoms with Crippen molar-refractivity contribution in [2.75, 3.05) is 6.54 Å². The van der Waals surface area contributed by atoms with Crippen LogP contribution in [0.3, 0.4) is 0 Å². The summed E-state index contributed by atoms with van der Waals surface area (Å²) in [6, 6.07) is 8.00. The first-order valence-corrected chi connectivity index (χ1v) is 5.50. The lowest BCUT2D eigenvalue weighted by Gasteiger charge is -1.96. The second-order valence-electron chi connectivity index (χ2n) is 3.79. The van der Waals surface area contributed by atoms with E-state index in [1.807, 2.05) is 31.2 Å². The molecule has 0 aliphatic heterocycles. The van der Waals surface area contributed by atoms with Crippen molar-refractivity contribution in [1.82, 2.24) is 15.5 Å². The fourth-order valence-electron chi connectivity index (χ4n) is 1.42. The summed E-state index contributed by atoms with van der Waals surface area (Å²) in [5.74, 6) is 1.14. The SMILES string of the molecule is C=CCNCc1nnc(-c2ccc(C)cc2)o1. The average molecular weight is 229 g/mol. The van der Waals surface area contributed by atoms with Crippen molar-refractivity contribution in [2.24, 2.45) is 0 Å². The summed E-state index contributed by atoms with van der Waals surface area (Å²) in [5, 5.41) is 11.1. The van der Waals surface area contributed by atoms with Crippen LogP contribution in [0.5, 0.6) is 0 Å². The first kappa shape index (κ1) is 11.5. The summed E-state index contributed by atoms with van der Waals surface area (Å²) < 4.78 is 5.54. The van der Waals surface area contributed by atoms with E-state index >= 15 is 0 Å². The van der Waals surface area contributed by atoms with Gasteiger partial charge in [0.1, 0.15) is 0 Å². The lowest BCUT2D eigenvalue weighted by molar-refractivity contribution is 0.485. The van der Waals surface area contributed by atoms with Gasteiger partial charge >= 0.3 is 0 Å². The minimum atomic E-state index is 0.556. The molecule has 2 aromatic rings. The molecule has 0 unspecified atom stereocenters. The summed E-state index contributed by atoms with van der Waals surface area (Å²) in [7, 11) is 0. The molecule has 0 spiro atoms. The zero-order chi connectivity index (χ0) is 12.1. The zero-order valence-corrected chi connectivity index (χ0v) is 9.81. The van der Waals surface area contributed by atoms with Crippen molar-refractivity contribution in [3.05, 3.63) is 48.4 Å². The number of rotatable bonds is 5. The molecule has 17 heavy (non-hydrogen) atoms. The van der Waals surface area contributed by atoms with Crippen LogP contribution in [0.2, 0.25) is 0 Å². The van der Waals surface area contributed by atoms with E-state index in [-0.39, 0.29) is 0 Å². The van der Waals surface area contributed by atoms with Gasteiger partial charge in [-0.1, -0.05) is 23.8 Å². The Morgan fingerprint density at radius 3 is 2.76 bits per heavy atom. The van der Waals surface area contributed by atoms with E-state index in [1.54, 1.807) is 6.08 Å². The van der Waals surface area contributed by atoms with Gasteiger partial charge in [0.2, 0.25) is 11.8 Å². The second-order valence-corrected chi connectivity index (χ2v) is 3.79. The maximum Gasteiger partial charge on any atom is 0.247 e. The molecule has 4 heteroatoms. The Morgan fingerprint density at radius 2 is 2.06 bits per heavy atom. The minimum Gasteiger partial charge on any atom is -0.419 e. The van der Waals surface area contributed by atoms with Crippen molar-refractivity contribution in [3.8, 4) is 11.5 Å². The van der Waals surface area contributed by atoms with Gasteiger partial charge in [-0.05, 0) is 19.1 Å². The van der Waals surface area contributed by atoms with Crippen molar-refractivity contribution < 1.29 is 4.42 Å². The predicted molar refractivity (Wildman–Crippen MR) is 66.4 cm³/mol. The van der Waals surface area contributed by atoms with Gasteiger partial charge in [-0.15, -0.1) is 16.8 Å². The van der Waals surface area contributed by atoms with E-state index in [9.17, 15) is 0 Å². The lowest BCUT2D eigenvalue weighted by Crippen LogP contribution is -2.12. The van der Waals surface area contributed by atoms with E-state index in [0.29, 0.717) is 18.3 Å². The molecule has 0 amide bonds. The maximum atomic E-state index is 5.54. The summed E-state index contributed by atoms with van der Waals surface area (Å²) in [6.07, 6.45) is 1.79. The summed E-state index contributed by atoms with van der Waals surface area (Å²) in [6.45, 7) is 6.95. The monoisotopic (exact) mass is 229 g/mol. The number of hydrogen-bond donors (Lipinski definition) is 1. The molecule has 1 N–H and O–H groups in total. The van der Waals surface area contributed by atoms with Crippen molar-refractivity contribution >= 4 is 0 Å². The Hall–Kier alpha value is -1.94. The number of hydrogen-bond acceptors (Lipinski definition) is 4. The fourth-order valence-corrected chi connectivity index (χ4v) is 1.42. The normalized spacial score (nSPS) is 10.4. The standard InChI is InChI=1S/C13H15N3O/c1-3-8-14-9-12-15-16-13(17-12)11-6-4-10(2)5-7-11/h3-7,14H,1,8-9H2,2H3. The molecular formula is C13H15N3O. The maximum absolute atomic E-state index is 5.54. The fraction of sp³-hybridized carbons (Fsp3) is 0.231. The van der Waals surface area contributed by atoms with Gasteiger partial charge in [0, 0.05) is 12.1 Å². The molecule has 0 saturated carbocycles. The summed E-state index contributed by atoms with van der Waals surface area (Å²) >= 11 is 0. The molecule has 2 rings (SSSR count). The zero-order valence-electron chi connectivity index (χ0n) is 9.81. The summed E-state index contributed by atoms with van der Waals surface area (Å²) in [5.41, 5.74) is 2.15. The molecule has 1 aromatic heterocycles. The van der Waals surface area contributed by atoms with Crippen LogP contribution in [0.15, 0.2) is 41.3 Å². The van der Waals surface area contributed by atoms with Gasteiger partial charge in [-0.3, -0.25) is 0 Å². The number of nitrogens with one attached hydrogen (secondary N) is 1. The van der Waals surface area contributed by atoms with Crippen LogP contribution in [-0.4, -0.2) is 16.7 Å². The number of benzene rings is 1. The molecule has 0 aliphatic carbocycles. The van der Waals surface area contributed by atoms with Crippen LogP contribution in [-0.2, 0) is 6.54 Å². The topological polar surface area (TPSA) is 51.0 Å². The van der Waals surface area contributed by atoms with Gasteiger partial charge in [0.15, 0.2) is 0 Å². The minimum absolute atomic E-state index is 0.556. The largest absolute Gasteiger partial charge is 0.419 e. The van der Waals surface area contributed by atoms with Crippen LogP contribution in [0, 0.1) is 6.92 Å². The van der Waals surface area contributed by atoms with Crippen molar-refractivity contribution in [1.29, 1.82) is 0 Å². The van der Waals surface area contributed by atoms with Gasteiger partial charge in [-0.25, -0.2) is 0 Å². The van der Waals surface area contributed by atoms with Crippen LogP contribution in [0.1, 0.15) is 11.5 Å². The lowest BCUT2D eigenvalue weighted by atomic mass is 10.1. The predicted octanol–water partition coefficient (Wildman–Crippen LogP) is 2.32. The highest BCUT2D eigenvalue weighted by Crippen LogP contribution is 2.17. The Labute approximate surface area is 100 Å². The van der Waals surface area contributed by atoms with Gasteiger partial charge in [0.25, 0.3) is 0 Å². The third kappa shape index (κ3) is 3.01. The quantitative estimate of drug-likeness (QED) is 0.631. The highest BCUT2D eigenvalue weighted by atomic mass is 16.4. The second kappa shape index (κ2) is 5.41. The smallest absolute Gasteiger partial charge is 0.247 e. The molecule has 0 saturated heterocycles. The van der Waals surface area contributed by atoms with Crippen LogP contribution < -0.4 is 5.32 Å². The first-order valence-electron chi connectivity index (χ1n) is 5.50. The number of aromatic nitrogens is 2. The van der Waals surface area contributed by atoms with Crippen LogP contribution >= 0.6 is 0 Å². The Balaban J connectivity index is 2.07. The van der Waals surface area contributed by atoms with Crippen LogP contribution in [0.25, 0.3) is 11.5 Å². The van der Waals surface area contributed by atoms with Gasteiger partial charge < -0.3 is 9.73 Å². The molecule has 0 bridgehead atoms. The molecule has 0 radical (unpaired) electrons. The van der Waals surface area contributed by atoms with Crippen LogP contribution in [0.4, 0.5) is 0 Å². The molecular weight excluding hydrogens is 214 g/mol. The number of nitrogens with zero attached hydrogens (tertiary/aromatic N) is 2. The molecule has 0 atom stereocenters. The van der Waals surface area contributed by atoms with Gasteiger partial charge in [-0.2, -0.15) is 0 Å². The molecule has 1 aromatic carbocycles. The average Bonchev–Trinajstić information content (AvgIpc) is 2.79. The first-order chi connectivity index (χ1) is 8.29. The highest BCUT2D eigenvalue weighted by molar-refractivity contribution is 5.52. The highest BCUT2D eigenvalue weighted by Gasteiger charge is 2.07. The molecule has 4 nitrogen and oxygen atoms in total. The molecule has 88 valence electrons. The van der Waals surface area contributed by atoms with E-state index < -0.39 is 0 Å². The van der Waals surface area contributed by atoms with E-state index in [2.05, 4.69) is 22.1 Å². The van der Waals surface area contributed by atoms with Crippen molar-refractivity contribution in [3.63, 3.8) is 0 Å². The van der Waals surface area contributed by atoms with E-state index in [0.717, 1.165) is 12.1 Å². The Bertz CT molecular complexity index is 488. The Morgan fingerprint density at radius 1 is 1.29 bits per heavy atom. The van der Waals surface area contributed by atoms with E-state index in [4.69, 9.17) is 4.42 Å². The summed E-state index contributed by atoms with van der Waals surface area (Å²) in [4.78, 5) is 0. The molecule has 0 fully saturated rings. The third-order valence-corrected chi connectivity index (χ3v) is 2.33. The molecule has 1 heterocycles.